The van der Waals surface area contributed by atoms with Crippen molar-refractivity contribution in [2.45, 2.75) is 51.3 Å². The van der Waals surface area contributed by atoms with Crippen LogP contribution in [0.2, 0.25) is 0 Å². The van der Waals surface area contributed by atoms with Gasteiger partial charge in [0.1, 0.15) is 17.2 Å². The van der Waals surface area contributed by atoms with Gasteiger partial charge >= 0.3 is 6.03 Å². The normalized spacial score (nSPS) is 13.9. The van der Waals surface area contributed by atoms with Crippen LogP contribution in [0, 0.1) is 5.82 Å². The van der Waals surface area contributed by atoms with Gasteiger partial charge in [-0.1, -0.05) is 39.0 Å². The number of rotatable bonds is 10. The first-order valence-electron chi connectivity index (χ1n) is 12.9. The van der Waals surface area contributed by atoms with Crippen molar-refractivity contribution in [2.75, 3.05) is 37.6 Å². The van der Waals surface area contributed by atoms with E-state index in [0.29, 0.717) is 48.9 Å². The first-order valence-corrected chi connectivity index (χ1v) is 13.4. The fraction of sp³-hybridized carbons (Fsp3) is 0.481. The summed E-state index contributed by atoms with van der Waals surface area (Å²) in [5.74, 6) is 1.16. The molecule has 0 bridgehead atoms. The molecule has 0 unspecified atom stereocenters. The minimum atomic E-state index is -0.288. The topological polar surface area (TPSA) is 74.2 Å². The molecule has 9 heteroatoms. The van der Waals surface area contributed by atoms with Crippen molar-refractivity contribution in [2.24, 2.45) is 0 Å². The zero-order chi connectivity index (χ0) is 25.3. The zero-order valence-corrected chi connectivity index (χ0v) is 21.6. The number of nitrogens with zero attached hydrogens (tertiary/aromatic N) is 5. The first kappa shape index (κ1) is 26.1. The molecule has 2 aromatic heterocycles. The Morgan fingerprint density at radius 1 is 0.944 bits per heavy atom. The fourth-order valence-electron chi connectivity index (χ4n) is 4.44. The van der Waals surface area contributed by atoms with Crippen LogP contribution >= 0.6 is 11.6 Å². The molecule has 0 spiro atoms. The Morgan fingerprint density at radius 3 is 2.39 bits per heavy atom. The van der Waals surface area contributed by atoms with E-state index in [0.717, 1.165) is 30.6 Å². The molecule has 192 valence electrons. The summed E-state index contributed by atoms with van der Waals surface area (Å²) >= 11 is 6.08. The highest BCUT2D eigenvalue weighted by Gasteiger charge is 2.24. The number of amides is 2. The summed E-state index contributed by atoms with van der Waals surface area (Å²) in [5, 5.41) is 3.06. The van der Waals surface area contributed by atoms with Crippen molar-refractivity contribution in [3.05, 3.63) is 48.0 Å². The molecule has 1 saturated heterocycles. The molecule has 4 rings (SSSR count). The highest BCUT2D eigenvalue weighted by atomic mass is 35.5. The number of urea groups is 1. The number of pyridine rings is 1. The molecule has 0 radical (unpaired) electrons. The maximum atomic E-state index is 13.4. The Balaban J connectivity index is 1.41. The van der Waals surface area contributed by atoms with Crippen LogP contribution in [0.3, 0.4) is 0 Å². The number of hydrogen-bond donors (Lipinski definition) is 1. The van der Waals surface area contributed by atoms with E-state index in [1.165, 1.54) is 37.8 Å². The fourth-order valence-corrected chi connectivity index (χ4v) is 4.56. The maximum absolute atomic E-state index is 13.4. The molecule has 36 heavy (non-hydrogen) atoms. The standard InChI is InChI=1S/C27H34ClFN6O/c1-2-3-4-5-6-7-14-30-27(36)35-17-15-34(16-18-35)26-25-23(31-24(19-28)33-26)13-12-22(32-25)20-8-10-21(29)11-9-20/h8-13H,2-7,14-19H2,1H3,(H,30,36). The van der Waals surface area contributed by atoms with Crippen molar-refractivity contribution in [3.8, 4) is 11.3 Å². The Kier molecular flexibility index (Phi) is 9.28. The number of carbonyl (C=O) groups excluding carboxylic acids is 1. The van der Waals surface area contributed by atoms with Gasteiger partial charge < -0.3 is 15.1 Å². The van der Waals surface area contributed by atoms with E-state index in [2.05, 4.69) is 22.1 Å². The lowest BCUT2D eigenvalue weighted by Crippen LogP contribution is -2.52. The molecular weight excluding hydrogens is 479 g/mol. The lowest BCUT2D eigenvalue weighted by Gasteiger charge is -2.35. The van der Waals surface area contributed by atoms with E-state index in [1.807, 2.05) is 17.0 Å². The van der Waals surface area contributed by atoms with E-state index in [4.69, 9.17) is 21.6 Å². The molecule has 1 N–H and O–H groups in total. The highest BCUT2D eigenvalue weighted by molar-refractivity contribution is 6.16. The van der Waals surface area contributed by atoms with Crippen LogP contribution in [0.5, 0.6) is 0 Å². The Bertz CT molecular complexity index is 1150. The third-order valence-electron chi connectivity index (χ3n) is 6.50. The first-order chi connectivity index (χ1) is 17.6. The van der Waals surface area contributed by atoms with Gasteiger partial charge in [0.05, 0.1) is 17.1 Å². The van der Waals surface area contributed by atoms with Crippen LogP contribution in [-0.4, -0.2) is 58.6 Å². The molecule has 1 aliphatic heterocycles. The molecule has 0 saturated carbocycles. The van der Waals surface area contributed by atoms with E-state index in [1.54, 1.807) is 12.1 Å². The Morgan fingerprint density at radius 2 is 1.67 bits per heavy atom. The number of aromatic nitrogens is 3. The van der Waals surface area contributed by atoms with Gasteiger partial charge in [0, 0.05) is 38.3 Å². The number of hydrogen-bond acceptors (Lipinski definition) is 5. The third kappa shape index (κ3) is 6.60. The zero-order valence-electron chi connectivity index (χ0n) is 20.8. The number of nitrogens with one attached hydrogen (secondary N) is 1. The van der Waals surface area contributed by atoms with E-state index in [9.17, 15) is 9.18 Å². The van der Waals surface area contributed by atoms with Crippen molar-refractivity contribution in [1.29, 1.82) is 0 Å². The Hall–Kier alpha value is -3.00. The lowest BCUT2D eigenvalue weighted by atomic mass is 10.1. The molecule has 7 nitrogen and oxygen atoms in total. The molecule has 2 amide bonds. The second-order valence-corrected chi connectivity index (χ2v) is 9.41. The van der Waals surface area contributed by atoms with Crippen LogP contribution in [0.25, 0.3) is 22.3 Å². The van der Waals surface area contributed by atoms with Gasteiger partial charge in [-0.05, 0) is 42.8 Å². The van der Waals surface area contributed by atoms with Crippen molar-refractivity contribution in [1.82, 2.24) is 25.2 Å². The highest BCUT2D eigenvalue weighted by Crippen LogP contribution is 2.27. The van der Waals surface area contributed by atoms with Gasteiger partial charge in [-0.15, -0.1) is 11.6 Å². The number of alkyl halides is 1. The third-order valence-corrected chi connectivity index (χ3v) is 6.74. The lowest BCUT2D eigenvalue weighted by molar-refractivity contribution is 0.194. The number of anilines is 1. The summed E-state index contributed by atoms with van der Waals surface area (Å²) < 4.78 is 13.4. The molecule has 0 atom stereocenters. The average molecular weight is 513 g/mol. The van der Waals surface area contributed by atoms with Gasteiger partial charge in [-0.25, -0.2) is 24.1 Å². The largest absolute Gasteiger partial charge is 0.351 e. The van der Waals surface area contributed by atoms with E-state index >= 15 is 0 Å². The SMILES string of the molecule is CCCCCCCCNC(=O)N1CCN(c2nc(CCl)nc3ccc(-c4ccc(F)cc4)nc23)CC1. The number of carbonyl (C=O) groups is 1. The predicted octanol–water partition coefficient (Wildman–Crippen LogP) is 5.76. The number of halogens is 2. The predicted molar refractivity (Wildman–Crippen MR) is 143 cm³/mol. The number of unbranched alkanes of at least 4 members (excludes halogenated alkanes) is 5. The average Bonchev–Trinajstić information content (AvgIpc) is 2.92. The molecule has 3 aromatic rings. The summed E-state index contributed by atoms with van der Waals surface area (Å²) in [6.07, 6.45) is 7.21. The van der Waals surface area contributed by atoms with Crippen molar-refractivity contribution in [3.63, 3.8) is 0 Å². The number of piperazine rings is 1. The molecular formula is C27H34ClFN6O. The van der Waals surface area contributed by atoms with Crippen molar-refractivity contribution >= 4 is 34.5 Å². The summed E-state index contributed by atoms with van der Waals surface area (Å²) in [6.45, 7) is 5.41. The van der Waals surface area contributed by atoms with Gasteiger partial charge in [-0.2, -0.15) is 0 Å². The van der Waals surface area contributed by atoms with Crippen LogP contribution < -0.4 is 10.2 Å². The van der Waals surface area contributed by atoms with E-state index < -0.39 is 0 Å². The minimum Gasteiger partial charge on any atom is -0.351 e. The van der Waals surface area contributed by atoms with Crippen molar-refractivity contribution < 1.29 is 9.18 Å². The van der Waals surface area contributed by atoms with Gasteiger partial charge in [0.15, 0.2) is 5.82 Å². The van der Waals surface area contributed by atoms with Gasteiger partial charge in [0.25, 0.3) is 0 Å². The Labute approximate surface area is 217 Å². The molecule has 1 aliphatic rings. The van der Waals surface area contributed by atoms with E-state index in [-0.39, 0.29) is 17.7 Å². The van der Waals surface area contributed by atoms with Crippen LogP contribution in [0.4, 0.5) is 15.0 Å². The summed E-state index contributed by atoms with van der Waals surface area (Å²) in [7, 11) is 0. The smallest absolute Gasteiger partial charge is 0.317 e. The monoisotopic (exact) mass is 512 g/mol. The quantitative estimate of drug-likeness (QED) is 0.276. The number of benzene rings is 1. The van der Waals surface area contributed by atoms with Gasteiger partial charge in [0.2, 0.25) is 0 Å². The second-order valence-electron chi connectivity index (χ2n) is 9.14. The number of fused-ring (bicyclic) bond motifs is 1. The maximum Gasteiger partial charge on any atom is 0.317 e. The molecule has 0 aliphatic carbocycles. The molecule has 1 aromatic carbocycles. The summed E-state index contributed by atoms with van der Waals surface area (Å²) in [4.78, 5) is 30.7. The molecule has 1 fully saturated rings. The van der Waals surface area contributed by atoms with Crippen LogP contribution in [0.1, 0.15) is 51.3 Å². The van der Waals surface area contributed by atoms with Crippen LogP contribution in [0.15, 0.2) is 36.4 Å². The minimum absolute atomic E-state index is 0.00563. The van der Waals surface area contributed by atoms with Gasteiger partial charge in [-0.3, -0.25) is 0 Å². The second kappa shape index (κ2) is 12.8. The molecule has 3 heterocycles. The van der Waals surface area contributed by atoms with Crippen LogP contribution in [-0.2, 0) is 5.88 Å². The summed E-state index contributed by atoms with van der Waals surface area (Å²) in [5.41, 5.74) is 2.92. The summed E-state index contributed by atoms with van der Waals surface area (Å²) in [6, 6.07) is 10.0.